The number of halogens is 1. The van der Waals surface area contributed by atoms with Crippen LogP contribution in [0.15, 0.2) is 41.3 Å². The molecule has 5 heteroatoms. The Morgan fingerprint density at radius 3 is 2.50 bits per heavy atom. The minimum Gasteiger partial charge on any atom is -0.398 e. The molecule has 2 N–H and O–H groups in total. The van der Waals surface area contributed by atoms with Gasteiger partial charge in [0.15, 0.2) is 9.84 Å². The second kappa shape index (κ2) is 5.25. The van der Waals surface area contributed by atoms with Crippen molar-refractivity contribution in [1.82, 2.24) is 0 Å². The molecule has 20 heavy (non-hydrogen) atoms. The molecule has 0 atom stereocenters. The van der Waals surface area contributed by atoms with E-state index in [9.17, 15) is 12.8 Å². The predicted octanol–water partition coefficient (Wildman–Crippen LogP) is 3.00. The van der Waals surface area contributed by atoms with E-state index in [1.54, 1.807) is 0 Å². The van der Waals surface area contributed by atoms with E-state index in [0.717, 1.165) is 23.3 Å². The lowest BCUT2D eigenvalue weighted by molar-refractivity contribution is 0.590. The molecule has 0 aromatic heterocycles. The van der Waals surface area contributed by atoms with Crippen molar-refractivity contribution in [2.24, 2.45) is 0 Å². The van der Waals surface area contributed by atoms with Crippen molar-refractivity contribution in [3.63, 3.8) is 0 Å². The molecule has 0 radical (unpaired) electrons. The van der Waals surface area contributed by atoms with Gasteiger partial charge in [-0.15, -0.1) is 0 Å². The standard InChI is InChI=1S/C15H16FNO2S/c1-10-3-4-11(2)12(7-10)9-20(18,19)15-8-13(16)5-6-14(15)17/h3-8H,9,17H2,1-2H3. The summed E-state index contributed by atoms with van der Waals surface area (Å²) in [5, 5.41) is 0. The first-order valence-corrected chi connectivity index (χ1v) is 7.79. The zero-order valence-electron chi connectivity index (χ0n) is 11.4. The van der Waals surface area contributed by atoms with Gasteiger partial charge in [-0.3, -0.25) is 0 Å². The minimum absolute atomic E-state index is 0.0664. The normalized spacial score (nSPS) is 11.6. The number of nitrogens with two attached hydrogens (primary N) is 1. The van der Waals surface area contributed by atoms with E-state index in [2.05, 4.69) is 0 Å². The number of hydrogen-bond acceptors (Lipinski definition) is 3. The van der Waals surface area contributed by atoms with Gasteiger partial charge >= 0.3 is 0 Å². The number of nitrogen functional groups attached to an aromatic ring is 1. The highest BCUT2D eigenvalue weighted by atomic mass is 32.2. The first-order chi connectivity index (χ1) is 9.29. The maximum Gasteiger partial charge on any atom is 0.184 e. The molecule has 2 aromatic rings. The molecule has 0 saturated heterocycles. The zero-order valence-corrected chi connectivity index (χ0v) is 12.2. The molecule has 0 fully saturated rings. The largest absolute Gasteiger partial charge is 0.398 e. The number of sulfone groups is 1. The molecule has 0 unspecified atom stereocenters. The SMILES string of the molecule is Cc1ccc(C)c(CS(=O)(=O)c2cc(F)ccc2N)c1. The van der Waals surface area contributed by atoms with Crippen molar-refractivity contribution >= 4 is 15.5 Å². The van der Waals surface area contributed by atoms with Crippen LogP contribution in [0.5, 0.6) is 0 Å². The van der Waals surface area contributed by atoms with Crippen LogP contribution in [-0.2, 0) is 15.6 Å². The third kappa shape index (κ3) is 2.99. The fourth-order valence-corrected chi connectivity index (χ4v) is 3.61. The molecule has 0 saturated carbocycles. The van der Waals surface area contributed by atoms with Crippen LogP contribution in [0.25, 0.3) is 0 Å². The van der Waals surface area contributed by atoms with Crippen molar-refractivity contribution in [3.05, 3.63) is 58.9 Å². The summed E-state index contributed by atoms with van der Waals surface area (Å²) in [5.74, 6) is -0.799. The van der Waals surface area contributed by atoms with Gasteiger partial charge in [-0.05, 0) is 43.2 Å². The Morgan fingerprint density at radius 2 is 1.80 bits per heavy atom. The smallest absolute Gasteiger partial charge is 0.184 e. The van der Waals surface area contributed by atoms with E-state index in [0.29, 0.717) is 5.56 Å². The first-order valence-electron chi connectivity index (χ1n) is 6.13. The molecule has 0 heterocycles. The topological polar surface area (TPSA) is 60.2 Å². The molecule has 0 spiro atoms. The molecule has 0 aliphatic rings. The van der Waals surface area contributed by atoms with Crippen LogP contribution < -0.4 is 5.73 Å². The van der Waals surface area contributed by atoms with Crippen molar-refractivity contribution in [2.45, 2.75) is 24.5 Å². The molecule has 0 bridgehead atoms. The van der Waals surface area contributed by atoms with Gasteiger partial charge in [0.25, 0.3) is 0 Å². The summed E-state index contributed by atoms with van der Waals surface area (Å²) in [7, 11) is -3.67. The fourth-order valence-electron chi connectivity index (χ4n) is 2.02. The van der Waals surface area contributed by atoms with E-state index in [-0.39, 0.29) is 16.3 Å². The predicted molar refractivity (Wildman–Crippen MR) is 77.6 cm³/mol. The average Bonchev–Trinajstić information content (AvgIpc) is 2.36. The van der Waals surface area contributed by atoms with Gasteiger partial charge in [-0.25, -0.2) is 12.8 Å². The summed E-state index contributed by atoms with van der Waals surface area (Å²) in [6.45, 7) is 3.74. The molecule has 0 amide bonds. The summed E-state index contributed by atoms with van der Waals surface area (Å²) in [6.07, 6.45) is 0. The Bertz CT molecular complexity index is 754. The lowest BCUT2D eigenvalue weighted by atomic mass is 10.1. The van der Waals surface area contributed by atoms with Gasteiger partial charge in [0, 0.05) is 0 Å². The number of anilines is 1. The minimum atomic E-state index is -3.67. The van der Waals surface area contributed by atoms with Crippen LogP contribution in [-0.4, -0.2) is 8.42 Å². The van der Waals surface area contributed by atoms with Crippen LogP contribution in [0.4, 0.5) is 10.1 Å². The summed E-state index contributed by atoms with van der Waals surface area (Å²) in [5.41, 5.74) is 8.28. The van der Waals surface area contributed by atoms with Crippen LogP contribution in [0.1, 0.15) is 16.7 Å². The Labute approximate surface area is 118 Å². The second-order valence-electron chi connectivity index (χ2n) is 4.87. The van der Waals surface area contributed by atoms with Crippen LogP contribution in [0.2, 0.25) is 0 Å². The average molecular weight is 293 g/mol. The fraction of sp³-hybridized carbons (Fsp3) is 0.200. The van der Waals surface area contributed by atoms with Crippen LogP contribution >= 0.6 is 0 Å². The molecular formula is C15H16FNO2S. The van der Waals surface area contributed by atoms with E-state index < -0.39 is 15.7 Å². The number of hydrogen-bond donors (Lipinski definition) is 1. The summed E-state index contributed by atoms with van der Waals surface area (Å²) in [6, 6.07) is 8.99. The van der Waals surface area contributed by atoms with Crippen LogP contribution in [0, 0.1) is 19.7 Å². The van der Waals surface area contributed by atoms with Gasteiger partial charge in [0.1, 0.15) is 5.82 Å². The molecular weight excluding hydrogens is 277 g/mol. The van der Waals surface area contributed by atoms with Crippen molar-refractivity contribution in [3.8, 4) is 0 Å². The molecule has 2 aromatic carbocycles. The van der Waals surface area contributed by atoms with Gasteiger partial charge in [0.2, 0.25) is 0 Å². The molecule has 0 aliphatic carbocycles. The van der Waals surface area contributed by atoms with Gasteiger partial charge in [-0.2, -0.15) is 0 Å². The van der Waals surface area contributed by atoms with Crippen LogP contribution in [0.3, 0.4) is 0 Å². The molecule has 3 nitrogen and oxygen atoms in total. The Hall–Kier alpha value is -1.88. The highest BCUT2D eigenvalue weighted by molar-refractivity contribution is 7.90. The van der Waals surface area contributed by atoms with Crippen molar-refractivity contribution in [2.75, 3.05) is 5.73 Å². The molecule has 106 valence electrons. The maximum atomic E-state index is 13.2. The van der Waals surface area contributed by atoms with Crippen molar-refractivity contribution in [1.29, 1.82) is 0 Å². The van der Waals surface area contributed by atoms with Crippen molar-refractivity contribution < 1.29 is 12.8 Å². The number of rotatable bonds is 3. The molecule has 2 rings (SSSR count). The lowest BCUT2D eigenvalue weighted by Crippen LogP contribution is -2.09. The molecule has 0 aliphatic heterocycles. The summed E-state index contributed by atoms with van der Waals surface area (Å²) in [4.78, 5) is -0.154. The van der Waals surface area contributed by atoms with Gasteiger partial charge in [-0.1, -0.05) is 23.8 Å². The Kier molecular flexibility index (Phi) is 3.81. The highest BCUT2D eigenvalue weighted by Gasteiger charge is 2.20. The number of aryl methyl sites for hydroxylation is 2. The van der Waals surface area contributed by atoms with E-state index in [1.165, 1.54) is 6.07 Å². The first kappa shape index (κ1) is 14.5. The zero-order chi connectivity index (χ0) is 14.9. The van der Waals surface area contributed by atoms with Gasteiger partial charge in [0.05, 0.1) is 16.3 Å². The quantitative estimate of drug-likeness (QED) is 0.885. The maximum absolute atomic E-state index is 13.2. The lowest BCUT2D eigenvalue weighted by Gasteiger charge is -2.10. The Balaban J connectivity index is 2.46. The summed E-state index contributed by atoms with van der Waals surface area (Å²) >= 11 is 0. The highest BCUT2D eigenvalue weighted by Crippen LogP contribution is 2.25. The van der Waals surface area contributed by atoms with Gasteiger partial charge < -0.3 is 5.73 Å². The van der Waals surface area contributed by atoms with E-state index in [1.807, 2.05) is 32.0 Å². The third-order valence-electron chi connectivity index (χ3n) is 3.16. The third-order valence-corrected chi connectivity index (χ3v) is 4.88. The second-order valence-corrected chi connectivity index (χ2v) is 6.83. The Morgan fingerprint density at radius 1 is 1.10 bits per heavy atom. The number of benzene rings is 2. The summed E-state index contributed by atoms with van der Waals surface area (Å²) < 4.78 is 38.0. The van der Waals surface area contributed by atoms with E-state index in [4.69, 9.17) is 5.73 Å². The monoisotopic (exact) mass is 293 g/mol. The van der Waals surface area contributed by atoms with E-state index >= 15 is 0 Å².